The van der Waals surface area contributed by atoms with Crippen molar-refractivity contribution in [1.82, 2.24) is 25.2 Å². The van der Waals surface area contributed by atoms with Crippen LogP contribution >= 0.6 is 11.3 Å². The zero-order valence-corrected chi connectivity index (χ0v) is 13.1. The van der Waals surface area contributed by atoms with Crippen LogP contribution < -0.4 is 10.6 Å². The third-order valence-corrected chi connectivity index (χ3v) is 4.73. The van der Waals surface area contributed by atoms with Gasteiger partial charge in [0.15, 0.2) is 0 Å². The summed E-state index contributed by atoms with van der Waals surface area (Å²) in [5.41, 5.74) is 1.58. The first-order chi connectivity index (χ1) is 10.1. The molecule has 0 atom stereocenters. The maximum absolute atomic E-state index is 12.1. The van der Waals surface area contributed by atoms with Crippen LogP contribution in [0.25, 0.3) is 0 Å². The highest BCUT2D eigenvalue weighted by Gasteiger charge is 2.16. The van der Waals surface area contributed by atoms with Crippen LogP contribution in [0.1, 0.15) is 31.9 Å². The van der Waals surface area contributed by atoms with E-state index in [4.69, 9.17) is 0 Å². The van der Waals surface area contributed by atoms with E-state index < -0.39 is 0 Å². The second-order valence-electron chi connectivity index (χ2n) is 5.17. The lowest BCUT2D eigenvalue weighted by Crippen LogP contribution is -2.27. The molecule has 0 saturated carbocycles. The molecule has 7 heteroatoms. The fourth-order valence-corrected chi connectivity index (χ4v) is 3.25. The van der Waals surface area contributed by atoms with Gasteiger partial charge in [-0.15, -0.1) is 11.3 Å². The molecule has 0 bridgehead atoms. The van der Waals surface area contributed by atoms with Crippen molar-refractivity contribution in [2.45, 2.75) is 33.4 Å². The Labute approximate surface area is 127 Å². The van der Waals surface area contributed by atoms with Gasteiger partial charge in [0.25, 0.3) is 5.91 Å². The van der Waals surface area contributed by atoms with Crippen LogP contribution in [0, 0.1) is 13.8 Å². The minimum absolute atomic E-state index is 0.109. The van der Waals surface area contributed by atoms with Crippen molar-refractivity contribution in [2.24, 2.45) is 0 Å². The Bertz CT molecular complexity index is 617. The Morgan fingerprint density at radius 3 is 3.05 bits per heavy atom. The van der Waals surface area contributed by atoms with Crippen LogP contribution in [0.15, 0.2) is 6.20 Å². The van der Waals surface area contributed by atoms with Crippen LogP contribution in [0.5, 0.6) is 0 Å². The van der Waals surface area contributed by atoms with Gasteiger partial charge in [-0.05, 0) is 13.8 Å². The van der Waals surface area contributed by atoms with Gasteiger partial charge >= 0.3 is 0 Å². The van der Waals surface area contributed by atoms with Gasteiger partial charge < -0.3 is 15.2 Å². The standard InChI is InChI=1S/C14H19N5OS/c1-9-10(2)21-13(17-9)3-4-16-14(20)11-8-19-6-5-15-7-12(19)18-11/h8,15H,3-7H2,1-2H3,(H,16,20). The van der Waals surface area contributed by atoms with E-state index in [1.807, 2.05) is 17.7 Å². The lowest BCUT2D eigenvalue weighted by Gasteiger charge is -2.13. The highest BCUT2D eigenvalue weighted by molar-refractivity contribution is 7.11. The molecular formula is C14H19N5OS. The van der Waals surface area contributed by atoms with Crippen LogP contribution in [-0.4, -0.2) is 33.5 Å². The van der Waals surface area contributed by atoms with Crippen LogP contribution in [0.3, 0.4) is 0 Å². The van der Waals surface area contributed by atoms with Crippen molar-refractivity contribution < 1.29 is 4.79 Å². The summed E-state index contributed by atoms with van der Waals surface area (Å²) in [5, 5.41) is 7.23. The first-order valence-electron chi connectivity index (χ1n) is 7.11. The molecule has 0 aliphatic carbocycles. The highest BCUT2D eigenvalue weighted by atomic mass is 32.1. The van der Waals surface area contributed by atoms with E-state index in [0.717, 1.165) is 42.6 Å². The zero-order valence-electron chi connectivity index (χ0n) is 12.3. The van der Waals surface area contributed by atoms with E-state index in [-0.39, 0.29) is 5.91 Å². The number of carbonyl (C=O) groups excluding carboxylic acids is 1. The topological polar surface area (TPSA) is 71.8 Å². The number of carbonyl (C=O) groups is 1. The quantitative estimate of drug-likeness (QED) is 0.885. The Morgan fingerprint density at radius 2 is 2.33 bits per heavy atom. The maximum atomic E-state index is 12.1. The van der Waals surface area contributed by atoms with Crippen LogP contribution in [0.2, 0.25) is 0 Å². The maximum Gasteiger partial charge on any atom is 0.271 e. The van der Waals surface area contributed by atoms with Gasteiger partial charge in [0.05, 0.1) is 17.2 Å². The molecule has 2 N–H and O–H groups in total. The van der Waals surface area contributed by atoms with Crippen LogP contribution in [0.4, 0.5) is 0 Å². The number of imidazole rings is 1. The third-order valence-electron chi connectivity index (χ3n) is 3.60. The number of aryl methyl sites for hydroxylation is 2. The number of thiazole rings is 1. The van der Waals surface area contributed by atoms with Gasteiger partial charge in [-0.25, -0.2) is 9.97 Å². The molecule has 1 amide bonds. The van der Waals surface area contributed by atoms with E-state index in [2.05, 4.69) is 27.5 Å². The number of nitrogens with one attached hydrogen (secondary N) is 2. The largest absolute Gasteiger partial charge is 0.350 e. The van der Waals surface area contributed by atoms with Crippen molar-refractivity contribution in [2.75, 3.05) is 13.1 Å². The normalized spacial score (nSPS) is 14.0. The molecule has 1 aliphatic rings. The van der Waals surface area contributed by atoms with Crippen LogP contribution in [-0.2, 0) is 19.5 Å². The first kappa shape index (κ1) is 14.2. The predicted octanol–water partition coefficient (Wildman–Crippen LogP) is 1.03. The summed E-state index contributed by atoms with van der Waals surface area (Å²) in [6.07, 6.45) is 2.60. The summed E-state index contributed by atoms with van der Waals surface area (Å²) in [6, 6.07) is 0. The molecule has 3 heterocycles. The van der Waals surface area contributed by atoms with Gasteiger partial charge in [0.2, 0.25) is 0 Å². The molecule has 2 aromatic heterocycles. The number of aromatic nitrogens is 3. The highest BCUT2D eigenvalue weighted by Crippen LogP contribution is 2.16. The van der Waals surface area contributed by atoms with Crippen molar-refractivity contribution in [3.63, 3.8) is 0 Å². The average Bonchev–Trinajstić information content (AvgIpc) is 3.03. The van der Waals surface area contributed by atoms with Crippen molar-refractivity contribution in [3.05, 3.63) is 33.3 Å². The SMILES string of the molecule is Cc1nc(CCNC(=O)c2cn3c(n2)CNCC3)sc1C. The minimum Gasteiger partial charge on any atom is -0.350 e. The summed E-state index contributed by atoms with van der Waals surface area (Å²) in [7, 11) is 0. The number of rotatable bonds is 4. The Kier molecular flexibility index (Phi) is 4.03. The number of hydrogen-bond acceptors (Lipinski definition) is 5. The lowest BCUT2D eigenvalue weighted by molar-refractivity contribution is 0.0949. The summed E-state index contributed by atoms with van der Waals surface area (Å²) < 4.78 is 2.04. The molecule has 21 heavy (non-hydrogen) atoms. The Hall–Kier alpha value is -1.73. The Balaban J connectivity index is 1.55. The van der Waals surface area contributed by atoms with E-state index in [9.17, 15) is 4.79 Å². The lowest BCUT2D eigenvalue weighted by atomic mass is 10.4. The molecule has 0 radical (unpaired) electrons. The molecular weight excluding hydrogens is 286 g/mol. The number of hydrogen-bond donors (Lipinski definition) is 2. The smallest absolute Gasteiger partial charge is 0.271 e. The molecule has 0 spiro atoms. The van der Waals surface area contributed by atoms with E-state index >= 15 is 0 Å². The molecule has 0 unspecified atom stereocenters. The predicted molar refractivity (Wildman–Crippen MR) is 81.6 cm³/mol. The molecule has 3 rings (SSSR count). The second kappa shape index (κ2) is 5.95. The summed E-state index contributed by atoms with van der Waals surface area (Å²) in [6.45, 7) is 7.19. The third kappa shape index (κ3) is 3.14. The molecule has 112 valence electrons. The van der Waals surface area contributed by atoms with Gasteiger partial charge in [-0.1, -0.05) is 0 Å². The van der Waals surface area contributed by atoms with E-state index in [1.54, 1.807) is 11.3 Å². The second-order valence-corrected chi connectivity index (χ2v) is 6.46. The summed E-state index contributed by atoms with van der Waals surface area (Å²) >= 11 is 1.69. The zero-order chi connectivity index (χ0) is 14.8. The summed E-state index contributed by atoms with van der Waals surface area (Å²) in [5.74, 6) is 0.819. The molecule has 1 aliphatic heterocycles. The molecule has 6 nitrogen and oxygen atoms in total. The monoisotopic (exact) mass is 305 g/mol. The molecule has 0 aromatic carbocycles. The molecule has 0 saturated heterocycles. The Morgan fingerprint density at radius 1 is 1.48 bits per heavy atom. The number of fused-ring (bicyclic) bond motifs is 1. The van der Waals surface area contributed by atoms with Gasteiger partial charge in [-0.3, -0.25) is 4.79 Å². The van der Waals surface area contributed by atoms with E-state index in [0.29, 0.717) is 12.2 Å². The van der Waals surface area contributed by atoms with Crippen molar-refractivity contribution in [1.29, 1.82) is 0 Å². The fourth-order valence-electron chi connectivity index (χ4n) is 2.32. The van der Waals surface area contributed by atoms with Gasteiger partial charge in [-0.2, -0.15) is 0 Å². The van der Waals surface area contributed by atoms with Crippen molar-refractivity contribution >= 4 is 17.2 Å². The minimum atomic E-state index is -0.109. The van der Waals surface area contributed by atoms with Gasteiger partial charge in [0, 0.05) is 37.1 Å². The van der Waals surface area contributed by atoms with Gasteiger partial charge in [0.1, 0.15) is 11.5 Å². The first-order valence-corrected chi connectivity index (χ1v) is 7.93. The number of amides is 1. The summed E-state index contributed by atoms with van der Waals surface area (Å²) in [4.78, 5) is 22.2. The van der Waals surface area contributed by atoms with E-state index in [1.165, 1.54) is 4.88 Å². The fraction of sp³-hybridized carbons (Fsp3) is 0.500. The molecule has 0 fully saturated rings. The average molecular weight is 305 g/mol. The molecule has 2 aromatic rings. The number of nitrogens with zero attached hydrogens (tertiary/aromatic N) is 3. The van der Waals surface area contributed by atoms with Crippen molar-refractivity contribution in [3.8, 4) is 0 Å².